The van der Waals surface area contributed by atoms with Crippen LogP contribution in [0.4, 0.5) is 0 Å². The normalized spacial score (nSPS) is 17.3. The Hall–Kier alpha value is -5.26. The zero-order valence-corrected chi connectivity index (χ0v) is 46.1. The van der Waals surface area contributed by atoms with Gasteiger partial charge in [-0.15, -0.1) is 11.3 Å². The number of piperidine rings is 1. The molecular weight excluding hydrogens is 982 g/mol. The number of hydrogen-bond acceptors (Lipinski definition) is 12. The van der Waals surface area contributed by atoms with Gasteiger partial charge in [-0.3, -0.25) is 14.4 Å². The monoisotopic (exact) mass is 1050 g/mol. The molecule has 2 aliphatic rings. The van der Waals surface area contributed by atoms with E-state index in [1.54, 1.807) is 49.6 Å². The highest BCUT2D eigenvalue weighted by molar-refractivity contribution is 7.92. The highest BCUT2D eigenvalue weighted by atomic mass is 35.5. The molecule has 3 N–H and O–H groups in total. The summed E-state index contributed by atoms with van der Waals surface area (Å²) in [5.41, 5.74) is 8.66. The van der Waals surface area contributed by atoms with Gasteiger partial charge in [0.25, 0.3) is 0 Å². The molecule has 73 heavy (non-hydrogen) atoms. The maximum Gasteiger partial charge on any atom is 0.246 e. The zero-order valence-electron chi connectivity index (χ0n) is 43.7. The minimum absolute atomic E-state index is 0.0145. The van der Waals surface area contributed by atoms with Crippen molar-refractivity contribution in [1.29, 1.82) is 0 Å². The quantitative estimate of drug-likeness (QED) is 0.0719. The van der Waals surface area contributed by atoms with E-state index in [1.807, 2.05) is 77.4 Å². The number of sulfone groups is 1. The maximum absolute atomic E-state index is 14.2. The number of carbonyl (C=O) groups excluding carboxylic acids is 3. The van der Waals surface area contributed by atoms with Crippen molar-refractivity contribution in [3.8, 4) is 16.2 Å². The van der Waals surface area contributed by atoms with E-state index >= 15 is 0 Å². The van der Waals surface area contributed by atoms with Crippen LogP contribution in [0.3, 0.4) is 0 Å². The van der Waals surface area contributed by atoms with Gasteiger partial charge in [-0.05, 0) is 132 Å². The predicted octanol–water partition coefficient (Wildman–Crippen LogP) is 8.79. The van der Waals surface area contributed by atoms with Crippen LogP contribution in [0.2, 0.25) is 5.02 Å². The summed E-state index contributed by atoms with van der Waals surface area (Å²) in [6.45, 7) is 19.9. The largest absolute Gasteiger partial charge is 0.491 e. The minimum Gasteiger partial charge on any atom is -0.491 e. The van der Waals surface area contributed by atoms with Crippen molar-refractivity contribution in [3.63, 3.8) is 0 Å². The van der Waals surface area contributed by atoms with Crippen LogP contribution < -0.4 is 15.4 Å². The molecule has 2 aromatic heterocycles. The second-order valence-electron chi connectivity index (χ2n) is 21.3. The summed E-state index contributed by atoms with van der Waals surface area (Å²) < 4.78 is 32.8. The second kappa shape index (κ2) is 24.0. The number of nitrogens with one attached hydrogen (secondary N) is 2. The standard InChI is InChI=1S/C56H72ClN7O7S2/c1-34(2)71-48-29-44(36(5)25-42(48)27-50-58-31-45(57)46(61-50)26-41-13-10-11-14-49(41)73(69,70)35(3)4)39-20-23-63(24-21-39)22-12-15-51(66)62-53(56(7,8)9)55(68)64-32-43(65)28-47(64)54(67)59-30-38-16-18-40(19-17-38)52-37(6)60-33-72-52/h10-11,13-14,16-19,25,29,31,33-35,39,43,47,53,65H,12,15,20-24,26-28,30,32H2,1-9H3,(H,59,67)(H,62,66)/t43-,47+,53-/m1/s1. The fourth-order valence-electron chi connectivity index (χ4n) is 9.83. The number of amides is 3. The average molecular weight is 1050 g/mol. The van der Waals surface area contributed by atoms with Gasteiger partial charge < -0.3 is 30.3 Å². The number of ether oxygens (including phenoxy) is 1. The minimum atomic E-state index is -3.52. The number of rotatable bonds is 19. The van der Waals surface area contributed by atoms with Crippen molar-refractivity contribution in [1.82, 2.24) is 35.4 Å². The van der Waals surface area contributed by atoms with Crippen LogP contribution in [-0.4, -0.2) is 112 Å². The van der Waals surface area contributed by atoms with Gasteiger partial charge in [0, 0.05) is 50.5 Å². The highest BCUT2D eigenvalue weighted by Gasteiger charge is 2.44. The maximum atomic E-state index is 14.2. The van der Waals surface area contributed by atoms with Crippen LogP contribution >= 0.6 is 22.9 Å². The Balaban J connectivity index is 0.916. The molecule has 3 aromatic carbocycles. The molecule has 0 unspecified atom stereocenters. The van der Waals surface area contributed by atoms with E-state index in [0.29, 0.717) is 40.9 Å². The van der Waals surface area contributed by atoms with Crippen LogP contribution in [0.1, 0.15) is 132 Å². The number of β-amino-alcohol motifs (C(OH)–C–C–N with tert-alkyl or cyclic N) is 1. The Labute approximate surface area is 440 Å². The molecule has 17 heteroatoms. The Morgan fingerprint density at radius 1 is 0.959 bits per heavy atom. The zero-order chi connectivity index (χ0) is 52.8. The molecular formula is C56H72ClN7O7S2. The summed E-state index contributed by atoms with van der Waals surface area (Å²) in [5, 5.41) is 16.5. The van der Waals surface area contributed by atoms with Crippen LogP contribution in [0.15, 0.2) is 77.3 Å². The van der Waals surface area contributed by atoms with Gasteiger partial charge in [0.1, 0.15) is 23.7 Å². The molecule has 7 rings (SSSR count). The Morgan fingerprint density at radius 2 is 1.67 bits per heavy atom. The third-order valence-corrected chi connectivity index (χ3v) is 17.4. The Morgan fingerprint density at radius 3 is 2.33 bits per heavy atom. The van der Waals surface area contributed by atoms with Gasteiger partial charge in [-0.1, -0.05) is 80.9 Å². The first-order valence-corrected chi connectivity index (χ1v) is 28.3. The number of aliphatic hydroxyl groups excluding tert-OH is 1. The lowest BCUT2D eigenvalue weighted by molar-refractivity contribution is -0.144. The van der Waals surface area contributed by atoms with Gasteiger partial charge in [0.2, 0.25) is 17.7 Å². The number of likely N-dealkylation sites (tertiary alicyclic amines) is 2. The van der Waals surface area contributed by atoms with E-state index in [1.165, 1.54) is 10.5 Å². The summed E-state index contributed by atoms with van der Waals surface area (Å²) in [6.07, 6.45) is 4.20. The van der Waals surface area contributed by atoms with Crippen molar-refractivity contribution in [3.05, 3.63) is 122 Å². The molecule has 14 nitrogen and oxygen atoms in total. The number of aromatic nitrogens is 3. The first-order valence-electron chi connectivity index (χ1n) is 25.5. The summed E-state index contributed by atoms with van der Waals surface area (Å²) >= 11 is 8.21. The van der Waals surface area contributed by atoms with Crippen LogP contribution in [-0.2, 0) is 43.6 Å². The second-order valence-corrected chi connectivity index (χ2v) is 25.0. The first kappa shape index (κ1) is 55.5. The molecule has 392 valence electrons. The summed E-state index contributed by atoms with van der Waals surface area (Å²) in [7, 11) is -3.52. The molecule has 0 radical (unpaired) electrons. The van der Waals surface area contributed by atoms with E-state index in [2.05, 4.69) is 44.6 Å². The number of nitrogens with zero attached hydrogens (tertiary/aromatic N) is 5. The summed E-state index contributed by atoms with van der Waals surface area (Å²) in [5.74, 6) is 0.718. The fraction of sp³-hybridized carbons (Fsp3) is 0.500. The number of benzene rings is 3. The first-order chi connectivity index (χ1) is 34.6. The van der Waals surface area contributed by atoms with Gasteiger partial charge in [0.15, 0.2) is 9.84 Å². The molecule has 0 spiro atoms. The highest BCUT2D eigenvalue weighted by Crippen LogP contribution is 2.36. The lowest BCUT2D eigenvalue weighted by atomic mass is 9.85. The number of aliphatic hydroxyl groups is 1. The molecule has 2 aliphatic heterocycles. The van der Waals surface area contributed by atoms with Gasteiger partial charge in [-0.2, -0.15) is 0 Å². The summed E-state index contributed by atoms with van der Waals surface area (Å²) in [4.78, 5) is 60.3. The lowest BCUT2D eigenvalue weighted by Crippen LogP contribution is -2.57. The smallest absolute Gasteiger partial charge is 0.246 e. The SMILES string of the molecule is Cc1cc(Cc2ncc(Cl)c(Cc3ccccc3S(=O)(=O)C(C)C)n2)c(OC(C)C)cc1C1CCN(CCCC(=O)N[C@H](C(=O)N2C[C@H](O)C[C@H]2C(=O)NCc2ccc(-c3scnc3C)cc2)C(C)(C)C)CC1. The molecule has 5 aromatic rings. The van der Waals surface area contributed by atoms with E-state index in [-0.39, 0.29) is 61.1 Å². The molecule has 3 atom stereocenters. The van der Waals surface area contributed by atoms with Gasteiger partial charge in [-0.25, -0.2) is 23.4 Å². The fourth-order valence-corrected chi connectivity index (χ4v) is 12.1. The van der Waals surface area contributed by atoms with Crippen LogP contribution in [0.25, 0.3) is 10.4 Å². The number of hydrogen-bond donors (Lipinski definition) is 3. The molecule has 2 saturated heterocycles. The van der Waals surface area contributed by atoms with E-state index in [0.717, 1.165) is 71.1 Å². The number of carbonyl (C=O) groups is 3. The summed E-state index contributed by atoms with van der Waals surface area (Å²) in [6, 6.07) is 17.5. The van der Waals surface area contributed by atoms with Gasteiger partial charge >= 0.3 is 0 Å². The average Bonchev–Trinajstić information content (AvgIpc) is 3.96. The van der Waals surface area contributed by atoms with Crippen molar-refractivity contribution in [2.24, 2.45) is 5.41 Å². The lowest BCUT2D eigenvalue weighted by Gasteiger charge is -2.35. The van der Waals surface area contributed by atoms with E-state index in [9.17, 15) is 27.9 Å². The van der Waals surface area contributed by atoms with Crippen molar-refractivity contribution in [2.45, 2.75) is 154 Å². The third kappa shape index (κ3) is 13.9. The molecule has 3 amide bonds. The predicted molar refractivity (Wildman–Crippen MR) is 288 cm³/mol. The van der Waals surface area contributed by atoms with Crippen molar-refractivity contribution < 1.29 is 32.6 Å². The Bertz CT molecular complexity index is 2860. The number of thiazole rings is 1. The van der Waals surface area contributed by atoms with E-state index in [4.69, 9.17) is 21.3 Å². The topological polar surface area (TPSA) is 184 Å². The van der Waals surface area contributed by atoms with Crippen LogP contribution in [0.5, 0.6) is 5.75 Å². The van der Waals surface area contributed by atoms with E-state index < -0.39 is 38.7 Å². The molecule has 0 saturated carbocycles. The van der Waals surface area contributed by atoms with Crippen LogP contribution in [0, 0.1) is 19.3 Å². The van der Waals surface area contributed by atoms with Crippen molar-refractivity contribution >= 4 is 50.5 Å². The van der Waals surface area contributed by atoms with Crippen molar-refractivity contribution in [2.75, 3.05) is 26.2 Å². The Kier molecular flexibility index (Phi) is 18.2. The number of halogens is 1. The van der Waals surface area contributed by atoms with Gasteiger partial charge in [0.05, 0.1) is 49.2 Å². The molecule has 0 aliphatic carbocycles. The third-order valence-electron chi connectivity index (χ3n) is 13.9. The molecule has 0 bridgehead atoms. The molecule has 4 heterocycles. The molecule has 2 fully saturated rings. The number of aryl methyl sites for hydroxylation is 2.